The van der Waals surface area contributed by atoms with Gasteiger partial charge in [0.2, 0.25) is 0 Å². The minimum atomic E-state index is -4.77. The molecule has 2 aromatic rings. The molecule has 32 heavy (non-hydrogen) atoms. The Morgan fingerprint density at radius 3 is 2.59 bits per heavy atom. The largest absolute Gasteiger partial charge is 0.496 e. The molecule has 11 heteroatoms. The van der Waals surface area contributed by atoms with Gasteiger partial charge in [-0.1, -0.05) is 6.07 Å². The number of nitrogens with two attached hydrogens (primary N) is 1. The zero-order valence-corrected chi connectivity index (χ0v) is 17.4. The first-order valence-electron chi connectivity index (χ1n) is 9.52. The Morgan fingerprint density at radius 1 is 1.31 bits per heavy atom. The second-order valence-electron chi connectivity index (χ2n) is 7.66. The van der Waals surface area contributed by atoms with Gasteiger partial charge in [-0.3, -0.25) is 14.6 Å². The van der Waals surface area contributed by atoms with Gasteiger partial charge in [0.05, 0.1) is 7.11 Å². The number of carbonyl (C=O) groups excluding carboxylic acids is 2. The minimum absolute atomic E-state index is 0.0442. The van der Waals surface area contributed by atoms with Gasteiger partial charge >= 0.3 is 6.18 Å². The van der Waals surface area contributed by atoms with E-state index >= 15 is 0 Å². The van der Waals surface area contributed by atoms with Crippen molar-refractivity contribution in [2.45, 2.75) is 44.1 Å². The molecule has 2 heterocycles. The lowest BCUT2D eigenvalue weighted by atomic mass is 9.85. The van der Waals surface area contributed by atoms with Crippen molar-refractivity contribution in [1.29, 1.82) is 0 Å². The van der Waals surface area contributed by atoms with E-state index in [1.807, 2.05) is 0 Å². The number of methoxy groups -OCH3 is 1. The van der Waals surface area contributed by atoms with Crippen molar-refractivity contribution in [3.63, 3.8) is 0 Å². The van der Waals surface area contributed by atoms with Crippen LogP contribution in [0.2, 0.25) is 0 Å². The predicted molar refractivity (Wildman–Crippen MR) is 106 cm³/mol. The molecular weight excluding hydrogens is 434 g/mol. The summed E-state index contributed by atoms with van der Waals surface area (Å²) in [4.78, 5) is 28.0. The van der Waals surface area contributed by atoms with Crippen molar-refractivity contribution >= 4 is 17.5 Å². The fourth-order valence-electron chi connectivity index (χ4n) is 3.74. The third kappa shape index (κ3) is 4.24. The van der Waals surface area contributed by atoms with E-state index in [2.05, 4.69) is 10.3 Å². The Hall–Kier alpha value is -3.21. The maximum Gasteiger partial charge on any atom is 0.417 e. The first-order chi connectivity index (χ1) is 14.9. The van der Waals surface area contributed by atoms with E-state index in [9.17, 15) is 27.2 Å². The number of amides is 2. The molecule has 1 aliphatic heterocycles. The number of rotatable bonds is 5. The second kappa shape index (κ2) is 8.38. The summed E-state index contributed by atoms with van der Waals surface area (Å²) >= 11 is 0. The molecule has 0 bridgehead atoms. The Morgan fingerprint density at radius 2 is 2.00 bits per heavy atom. The van der Waals surface area contributed by atoms with Crippen LogP contribution in [0.25, 0.3) is 0 Å². The van der Waals surface area contributed by atoms with Gasteiger partial charge < -0.3 is 20.5 Å². The van der Waals surface area contributed by atoms with Gasteiger partial charge in [0.1, 0.15) is 23.4 Å². The molecule has 1 aromatic carbocycles. The van der Waals surface area contributed by atoms with E-state index in [1.165, 1.54) is 38.4 Å². The van der Waals surface area contributed by atoms with Crippen LogP contribution < -0.4 is 15.8 Å². The van der Waals surface area contributed by atoms with Gasteiger partial charge in [-0.05, 0) is 38.5 Å². The molecule has 0 unspecified atom stereocenters. The minimum Gasteiger partial charge on any atom is -0.496 e. The van der Waals surface area contributed by atoms with Crippen molar-refractivity contribution in [3.8, 4) is 5.75 Å². The Kier molecular flexibility index (Phi) is 6.14. The van der Waals surface area contributed by atoms with Gasteiger partial charge in [-0.25, -0.2) is 4.39 Å². The summed E-state index contributed by atoms with van der Waals surface area (Å²) < 4.78 is 65.8. The molecule has 172 valence electrons. The fraction of sp³-hybridized carbons (Fsp3) is 0.381. The Bertz CT molecular complexity index is 1060. The van der Waals surface area contributed by atoms with Crippen LogP contribution in [-0.4, -0.2) is 41.8 Å². The SMILES string of the molecule is COc1c([C@@H]2C[C@](C)(C(F)(F)F)O[C@@H]2C(=O)Nc2ccnc(C(N)=O)c2)ccc(F)c1C. The van der Waals surface area contributed by atoms with Crippen LogP contribution in [0.3, 0.4) is 0 Å². The highest BCUT2D eigenvalue weighted by atomic mass is 19.4. The van der Waals surface area contributed by atoms with Crippen LogP contribution in [0, 0.1) is 12.7 Å². The molecular formula is C21H21F4N3O4. The van der Waals surface area contributed by atoms with Crippen LogP contribution in [0.5, 0.6) is 5.75 Å². The maximum absolute atomic E-state index is 14.0. The molecule has 0 aliphatic carbocycles. The molecule has 0 spiro atoms. The summed E-state index contributed by atoms with van der Waals surface area (Å²) in [6, 6.07) is 4.93. The lowest BCUT2D eigenvalue weighted by molar-refractivity contribution is -0.261. The standard InChI is InChI=1S/C21H21F4N3O4/c1-10-14(22)5-4-12(16(10)31-3)13-9-20(2,21(23,24)25)32-17(13)19(30)28-11-6-7-27-15(8-11)18(26)29/h4-8,13,17H,9H2,1-3H3,(H2,26,29)(H,27,28,30)/t13-,17-,20+/m0/s1. The number of benzene rings is 1. The summed E-state index contributed by atoms with van der Waals surface area (Å²) in [5.41, 5.74) is 2.83. The van der Waals surface area contributed by atoms with Gasteiger partial charge in [-0.2, -0.15) is 13.2 Å². The number of nitrogens with zero attached hydrogens (tertiary/aromatic N) is 1. The molecule has 1 aromatic heterocycles. The molecule has 0 saturated carbocycles. The molecule has 3 N–H and O–H groups in total. The zero-order valence-electron chi connectivity index (χ0n) is 17.4. The highest BCUT2D eigenvalue weighted by Gasteiger charge is 2.61. The average Bonchev–Trinajstić information content (AvgIpc) is 3.09. The highest BCUT2D eigenvalue weighted by molar-refractivity contribution is 5.97. The smallest absolute Gasteiger partial charge is 0.417 e. The molecule has 7 nitrogen and oxygen atoms in total. The average molecular weight is 455 g/mol. The van der Waals surface area contributed by atoms with Crippen LogP contribution in [0.15, 0.2) is 30.5 Å². The van der Waals surface area contributed by atoms with Crippen molar-refractivity contribution in [3.05, 3.63) is 53.1 Å². The van der Waals surface area contributed by atoms with Crippen LogP contribution >= 0.6 is 0 Å². The number of primary amides is 1. The van der Waals surface area contributed by atoms with Crippen LogP contribution in [0.4, 0.5) is 23.2 Å². The van der Waals surface area contributed by atoms with Crippen molar-refractivity contribution in [2.24, 2.45) is 5.73 Å². The van der Waals surface area contributed by atoms with Crippen molar-refractivity contribution < 1.29 is 36.6 Å². The number of pyridine rings is 1. The normalized spacial score (nSPS) is 23.1. The number of halogens is 4. The van der Waals surface area contributed by atoms with E-state index in [1.54, 1.807) is 0 Å². The van der Waals surface area contributed by atoms with Crippen molar-refractivity contribution in [1.82, 2.24) is 4.98 Å². The van der Waals surface area contributed by atoms with E-state index in [0.29, 0.717) is 0 Å². The highest BCUT2D eigenvalue weighted by Crippen LogP contribution is 2.51. The molecule has 3 atom stereocenters. The Balaban J connectivity index is 2.01. The van der Waals surface area contributed by atoms with Gasteiger partial charge in [0.25, 0.3) is 11.8 Å². The number of aromatic nitrogens is 1. The van der Waals surface area contributed by atoms with Crippen LogP contribution in [-0.2, 0) is 9.53 Å². The number of hydrogen-bond donors (Lipinski definition) is 2. The summed E-state index contributed by atoms with van der Waals surface area (Å²) in [7, 11) is 1.27. The number of nitrogens with one attached hydrogen (secondary N) is 1. The molecule has 1 fully saturated rings. The van der Waals surface area contributed by atoms with Crippen molar-refractivity contribution in [2.75, 3.05) is 12.4 Å². The van der Waals surface area contributed by atoms with Gasteiger partial charge in [0.15, 0.2) is 5.60 Å². The van der Waals surface area contributed by atoms with E-state index in [4.69, 9.17) is 15.2 Å². The molecule has 3 rings (SSSR count). The first kappa shape index (κ1) is 23.5. The molecule has 0 radical (unpaired) electrons. The van der Waals surface area contributed by atoms with Gasteiger partial charge in [-0.15, -0.1) is 0 Å². The summed E-state index contributed by atoms with van der Waals surface area (Å²) in [5.74, 6) is -3.36. The number of carbonyl (C=O) groups is 2. The summed E-state index contributed by atoms with van der Waals surface area (Å²) in [6.45, 7) is 2.28. The lowest BCUT2D eigenvalue weighted by Crippen LogP contribution is -2.43. The third-order valence-corrected chi connectivity index (χ3v) is 5.47. The summed E-state index contributed by atoms with van der Waals surface area (Å²) in [5, 5.41) is 2.44. The van der Waals surface area contributed by atoms with Gasteiger partial charge in [0, 0.05) is 28.9 Å². The quantitative estimate of drug-likeness (QED) is 0.672. The van der Waals surface area contributed by atoms with E-state index < -0.39 is 47.9 Å². The second-order valence-corrected chi connectivity index (χ2v) is 7.66. The number of anilines is 1. The monoisotopic (exact) mass is 455 g/mol. The van der Waals surface area contributed by atoms with E-state index in [0.717, 1.165) is 13.0 Å². The van der Waals surface area contributed by atoms with Crippen LogP contribution in [0.1, 0.15) is 40.9 Å². The third-order valence-electron chi connectivity index (χ3n) is 5.47. The fourth-order valence-corrected chi connectivity index (χ4v) is 3.74. The van der Waals surface area contributed by atoms with E-state index in [-0.39, 0.29) is 28.3 Å². The number of hydrogen-bond acceptors (Lipinski definition) is 5. The first-order valence-corrected chi connectivity index (χ1v) is 9.52. The molecule has 1 aliphatic rings. The number of alkyl halides is 3. The molecule has 1 saturated heterocycles. The Labute approximate surface area is 180 Å². The topological polar surface area (TPSA) is 104 Å². The maximum atomic E-state index is 14.0. The molecule has 2 amide bonds. The zero-order chi connectivity index (χ0) is 23.8. The predicted octanol–water partition coefficient (Wildman–Crippen LogP) is 3.47. The summed E-state index contributed by atoms with van der Waals surface area (Å²) in [6.07, 6.45) is -5.71. The number of ether oxygens (including phenoxy) is 2. The lowest BCUT2D eigenvalue weighted by Gasteiger charge is -2.27.